The molecule has 2 N–H and O–H groups in total. The van der Waals surface area contributed by atoms with Crippen LogP contribution >= 0.6 is 0 Å². The molecule has 6 heteroatoms. The highest BCUT2D eigenvalue weighted by atomic mass is 16.4. The van der Waals surface area contributed by atoms with Gasteiger partial charge in [-0.05, 0) is 18.2 Å². The second kappa shape index (κ2) is 3.69. The maximum absolute atomic E-state index is 10.9. The van der Waals surface area contributed by atoms with Crippen LogP contribution in [0.1, 0.15) is 10.4 Å². The van der Waals surface area contributed by atoms with E-state index in [1.54, 1.807) is 18.3 Å². The zero-order chi connectivity index (χ0) is 12.7. The van der Waals surface area contributed by atoms with Crippen molar-refractivity contribution in [1.82, 2.24) is 19.5 Å². The minimum Gasteiger partial charge on any atom is -0.478 e. The number of carbonyl (C=O) groups is 1. The Morgan fingerprint density at radius 2 is 2.28 bits per heavy atom. The molecule has 0 unspecified atom stereocenters. The molecule has 0 saturated heterocycles. The van der Waals surface area contributed by atoms with E-state index in [2.05, 4.69) is 15.0 Å². The molecule has 0 amide bonds. The van der Waals surface area contributed by atoms with Gasteiger partial charge < -0.3 is 14.7 Å². The van der Waals surface area contributed by atoms with Crippen LogP contribution in [0.15, 0.2) is 30.6 Å². The Labute approximate surface area is 102 Å². The summed E-state index contributed by atoms with van der Waals surface area (Å²) in [6.45, 7) is 0. The standard InChI is InChI=1S/C12H10N4O2/c1-16-5-4-13-11(16)10-14-8-3-2-7(12(17)18)6-9(8)15-10/h2-6H,1H3,(H,14,15)(H,17,18). The lowest BCUT2D eigenvalue weighted by atomic mass is 10.2. The number of nitrogens with one attached hydrogen (secondary N) is 1. The lowest BCUT2D eigenvalue weighted by Crippen LogP contribution is -1.94. The maximum Gasteiger partial charge on any atom is 0.335 e. The van der Waals surface area contributed by atoms with Gasteiger partial charge in [0.2, 0.25) is 0 Å². The van der Waals surface area contributed by atoms with Gasteiger partial charge in [0.25, 0.3) is 0 Å². The van der Waals surface area contributed by atoms with E-state index in [-0.39, 0.29) is 5.56 Å². The Morgan fingerprint density at radius 3 is 2.94 bits per heavy atom. The highest BCUT2D eigenvalue weighted by molar-refractivity contribution is 5.92. The van der Waals surface area contributed by atoms with Crippen molar-refractivity contribution in [1.29, 1.82) is 0 Å². The molecule has 3 rings (SSSR count). The second-order valence-electron chi connectivity index (χ2n) is 3.98. The molecular formula is C12H10N4O2. The van der Waals surface area contributed by atoms with Gasteiger partial charge in [-0.3, -0.25) is 0 Å². The highest BCUT2D eigenvalue weighted by Gasteiger charge is 2.11. The topological polar surface area (TPSA) is 83.8 Å². The second-order valence-corrected chi connectivity index (χ2v) is 3.98. The van der Waals surface area contributed by atoms with Gasteiger partial charge in [-0.25, -0.2) is 14.8 Å². The average Bonchev–Trinajstić information content (AvgIpc) is 2.92. The van der Waals surface area contributed by atoms with Crippen molar-refractivity contribution in [2.75, 3.05) is 0 Å². The first kappa shape index (κ1) is 10.5. The number of aryl methyl sites for hydroxylation is 1. The molecule has 6 nitrogen and oxygen atoms in total. The largest absolute Gasteiger partial charge is 0.478 e. The lowest BCUT2D eigenvalue weighted by molar-refractivity contribution is 0.0697. The zero-order valence-electron chi connectivity index (χ0n) is 9.58. The number of carboxylic acids is 1. The summed E-state index contributed by atoms with van der Waals surface area (Å²) >= 11 is 0. The van der Waals surface area contributed by atoms with Crippen LogP contribution in [0, 0.1) is 0 Å². The average molecular weight is 242 g/mol. The molecular weight excluding hydrogens is 232 g/mol. The zero-order valence-corrected chi connectivity index (χ0v) is 9.58. The van der Waals surface area contributed by atoms with Crippen LogP contribution in [0.3, 0.4) is 0 Å². The minimum atomic E-state index is -0.954. The summed E-state index contributed by atoms with van der Waals surface area (Å²) in [4.78, 5) is 22.5. The summed E-state index contributed by atoms with van der Waals surface area (Å²) in [7, 11) is 1.87. The SMILES string of the molecule is Cn1ccnc1-c1nc2ccc(C(=O)O)cc2[nH]1. The van der Waals surface area contributed by atoms with Crippen molar-refractivity contribution in [3.05, 3.63) is 36.2 Å². The van der Waals surface area contributed by atoms with E-state index in [1.165, 1.54) is 6.07 Å². The van der Waals surface area contributed by atoms with Crippen LogP contribution in [-0.4, -0.2) is 30.6 Å². The van der Waals surface area contributed by atoms with Gasteiger partial charge in [-0.15, -0.1) is 0 Å². The number of hydrogen-bond acceptors (Lipinski definition) is 3. The Hall–Kier alpha value is -2.63. The van der Waals surface area contributed by atoms with Crippen molar-refractivity contribution in [2.45, 2.75) is 0 Å². The van der Waals surface area contributed by atoms with Gasteiger partial charge >= 0.3 is 5.97 Å². The number of nitrogens with zero attached hydrogens (tertiary/aromatic N) is 3. The Morgan fingerprint density at radius 1 is 1.44 bits per heavy atom. The fourth-order valence-corrected chi connectivity index (χ4v) is 1.84. The van der Waals surface area contributed by atoms with Gasteiger partial charge in [0.05, 0.1) is 16.6 Å². The van der Waals surface area contributed by atoms with Gasteiger partial charge in [0.1, 0.15) is 0 Å². The molecule has 0 aliphatic carbocycles. The number of rotatable bonds is 2. The van der Waals surface area contributed by atoms with Crippen LogP contribution in [0.5, 0.6) is 0 Å². The number of aromatic carboxylic acids is 1. The number of benzene rings is 1. The first-order valence-electron chi connectivity index (χ1n) is 5.36. The molecule has 0 aliphatic heterocycles. The fourth-order valence-electron chi connectivity index (χ4n) is 1.84. The third kappa shape index (κ3) is 1.55. The van der Waals surface area contributed by atoms with Crippen LogP contribution in [-0.2, 0) is 7.05 Å². The van der Waals surface area contributed by atoms with E-state index in [4.69, 9.17) is 5.11 Å². The molecule has 0 saturated carbocycles. The number of fused-ring (bicyclic) bond motifs is 1. The third-order valence-corrected chi connectivity index (χ3v) is 2.76. The number of aromatic nitrogens is 4. The Bertz CT molecular complexity index is 741. The number of carboxylic acid groups (broad SMARTS) is 1. The summed E-state index contributed by atoms with van der Waals surface area (Å²) in [5.41, 5.74) is 1.64. The Balaban J connectivity index is 2.17. The molecule has 0 aliphatic rings. The van der Waals surface area contributed by atoms with E-state index in [0.717, 1.165) is 5.52 Å². The maximum atomic E-state index is 10.9. The van der Waals surface area contributed by atoms with Crippen molar-refractivity contribution in [2.24, 2.45) is 7.05 Å². The normalized spacial score (nSPS) is 10.9. The van der Waals surface area contributed by atoms with Gasteiger partial charge in [0, 0.05) is 19.4 Å². The van der Waals surface area contributed by atoms with Crippen molar-refractivity contribution < 1.29 is 9.90 Å². The smallest absolute Gasteiger partial charge is 0.335 e. The molecule has 0 radical (unpaired) electrons. The summed E-state index contributed by atoms with van der Waals surface area (Å²) in [6.07, 6.45) is 3.51. The summed E-state index contributed by atoms with van der Waals surface area (Å²) < 4.78 is 1.84. The first-order valence-corrected chi connectivity index (χ1v) is 5.36. The first-order chi connectivity index (χ1) is 8.65. The molecule has 2 heterocycles. The van der Waals surface area contributed by atoms with Crippen LogP contribution in [0.4, 0.5) is 0 Å². The Kier molecular flexibility index (Phi) is 2.16. The third-order valence-electron chi connectivity index (χ3n) is 2.76. The van der Waals surface area contributed by atoms with Crippen LogP contribution in [0.2, 0.25) is 0 Å². The predicted molar refractivity (Wildman–Crippen MR) is 65.3 cm³/mol. The molecule has 90 valence electrons. The van der Waals surface area contributed by atoms with E-state index < -0.39 is 5.97 Å². The molecule has 0 bridgehead atoms. The quantitative estimate of drug-likeness (QED) is 0.715. The summed E-state index contributed by atoms with van der Waals surface area (Å²) in [5.74, 6) is 0.383. The molecule has 1 aromatic carbocycles. The van der Waals surface area contributed by atoms with Crippen molar-refractivity contribution >= 4 is 17.0 Å². The highest BCUT2D eigenvalue weighted by Crippen LogP contribution is 2.19. The van der Waals surface area contributed by atoms with E-state index in [1.807, 2.05) is 17.8 Å². The molecule has 18 heavy (non-hydrogen) atoms. The molecule has 0 atom stereocenters. The van der Waals surface area contributed by atoms with Crippen molar-refractivity contribution in [3.63, 3.8) is 0 Å². The van der Waals surface area contributed by atoms with Crippen molar-refractivity contribution in [3.8, 4) is 11.6 Å². The van der Waals surface area contributed by atoms with E-state index >= 15 is 0 Å². The van der Waals surface area contributed by atoms with E-state index in [0.29, 0.717) is 17.2 Å². The van der Waals surface area contributed by atoms with Gasteiger partial charge in [-0.2, -0.15) is 0 Å². The van der Waals surface area contributed by atoms with Gasteiger partial charge in [-0.1, -0.05) is 0 Å². The summed E-state index contributed by atoms with van der Waals surface area (Å²) in [6, 6.07) is 4.78. The lowest BCUT2D eigenvalue weighted by Gasteiger charge is -1.95. The molecule has 0 spiro atoms. The number of hydrogen-bond donors (Lipinski definition) is 2. The number of aromatic amines is 1. The monoisotopic (exact) mass is 242 g/mol. The van der Waals surface area contributed by atoms with Gasteiger partial charge in [0.15, 0.2) is 11.6 Å². The predicted octanol–water partition coefficient (Wildman–Crippen LogP) is 1.66. The summed E-state index contributed by atoms with van der Waals surface area (Å²) in [5, 5.41) is 8.93. The van der Waals surface area contributed by atoms with Crippen LogP contribution < -0.4 is 0 Å². The fraction of sp³-hybridized carbons (Fsp3) is 0.0833. The minimum absolute atomic E-state index is 0.234. The van der Waals surface area contributed by atoms with Crippen LogP contribution in [0.25, 0.3) is 22.7 Å². The van der Waals surface area contributed by atoms with E-state index in [9.17, 15) is 4.79 Å². The number of H-pyrrole nitrogens is 1. The molecule has 3 aromatic rings. The molecule has 0 fully saturated rings. The number of imidazole rings is 2. The molecule has 2 aromatic heterocycles.